The number of cyclic esters (lactones) is 1. The topological polar surface area (TPSA) is 131 Å². The Morgan fingerprint density at radius 2 is 2.00 bits per heavy atom. The van der Waals surface area contributed by atoms with Crippen LogP contribution >= 0.6 is 11.6 Å². The standard InChI is InChI=1S/C26H37ClN4O5/c1-5-6-9-20-18(14-21(32)36-20)29-24(34)19-8-7-12-31(19)25(35)22(26(2,3)4)30-23(33)15-10-11-17(28)16(27)13-15/h10-11,13,18-20,22H,5-9,12,14,28H2,1-4H3,(H,29,34)(H,30,33). The third-order valence-electron chi connectivity index (χ3n) is 6.78. The van der Waals surface area contributed by atoms with Crippen molar-refractivity contribution in [3.63, 3.8) is 0 Å². The van der Waals surface area contributed by atoms with Gasteiger partial charge in [-0.05, 0) is 49.3 Å². The number of hydrogen-bond donors (Lipinski definition) is 3. The number of nitrogens with two attached hydrogens (primary N) is 1. The Kier molecular flexibility index (Phi) is 8.87. The van der Waals surface area contributed by atoms with Crippen molar-refractivity contribution in [3.8, 4) is 0 Å². The molecule has 1 aromatic carbocycles. The summed E-state index contributed by atoms with van der Waals surface area (Å²) in [6.45, 7) is 8.04. The lowest BCUT2D eigenvalue weighted by atomic mass is 9.85. The largest absolute Gasteiger partial charge is 0.460 e. The van der Waals surface area contributed by atoms with Crippen LogP contribution in [0.15, 0.2) is 18.2 Å². The molecule has 9 nitrogen and oxygen atoms in total. The highest BCUT2D eigenvalue weighted by molar-refractivity contribution is 6.33. The summed E-state index contributed by atoms with van der Waals surface area (Å²) in [7, 11) is 0. The lowest BCUT2D eigenvalue weighted by molar-refractivity contribution is -0.142. The van der Waals surface area contributed by atoms with Gasteiger partial charge in [0.05, 0.1) is 23.2 Å². The summed E-state index contributed by atoms with van der Waals surface area (Å²) in [4.78, 5) is 53.3. The number of likely N-dealkylation sites (tertiary alicyclic amines) is 1. The van der Waals surface area contributed by atoms with Crippen molar-refractivity contribution < 1.29 is 23.9 Å². The van der Waals surface area contributed by atoms with Crippen LogP contribution in [0.4, 0.5) is 5.69 Å². The fourth-order valence-electron chi connectivity index (χ4n) is 4.70. The second kappa shape index (κ2) is 11.5. The van der Waals surface area contributed by atoms with Crippen molar-refractivity contribution in [3.05, 3.63) is 28.8 Å². The van der Waals surface area contributed by atoms with E-state index in [0.29, 0.717) is 31.5 Å². The van der Waals surface area contributed by atoms with Gasteiger partial charge in [0.1, 0.15) is 18.2 Å². The maximum atomic E-state index is 13.7. The van der Waals surface area contributed by atoms with Gasteiger partial charge in [0.15, 0.2) is 0 Å². The van der Waals surface area contributed by atoms with Crippen molar-refractivity contribution in [2.24, 2.45) is 5.41 Å². The number of carbonyl (C=O) groups is 4. The second-order valence-corrected chi connectivity index (χ2v) is 11.1. The molecule has 2 aliphatic rings. The Bertz CT molecular complexity index is 1010. The van der Waals surface area contributed by atoms with E-state index < -0.39 is 29.4 Å². The first kappa shape index (κ1) is 27.8. The quantitative estimate of drug-likeness (QED) is 0.356. The predicted molar refractivity (Wildman–Crippen MR) is 137 cm³/mol. The number of benzene rings is 1. The summed E-state index contributed by atoms with van der Waals surface area (Å²) < 4.78 is 5.40. The van der Waals surface area contributed by atoms with Crippen LogP contribution in [0.2, 0.25) is 5.02 Å². The van der Waals surface area contributed by atoms with Gasteiger partial charge in [0, 0.05) is 12.1 Å². The number of halogens is 1. The average molecular weight is 521 g/mol. The fraction of sp³-hybridized carbons (Fsp3) is 0.615. The van der Waals surface area contributed by atoms with Gasteiger partial charge >= 0.3 is 5.97 Å². The van der Waals surface area contributed by atoms with E-state index in [0.717, 1.165) is 12.8 Å². The number of ether oxygens (including phenoxy) is 1. The summed E-state index contributed by atoms with van der Waals surface area (Å²) in [5.41, 5.74) is 5.77. The van der Waals surface area contributed by atoms with Gasteiger partial charge in [-0.2, -0.15) is 0 Å². The minimum absolute atomic E-state index is 0.131. The molecule has 0 aromatic heterocycles. The molecular formula is C26H37ClN4O5. The molecule has 2 aliphatic heterocycles. The molecular weight excluding hydrogens is 484 g/mol. The van der Waals surface area contributed by atoms with E-state index >= 15 is 0 Å². The molecule has 4 unspecified atom stereocenters. The smallest absolute Gasteiger partial charge is 0.308 e. The molecule has 4 atom stereocenters. The SMILES string of the molecule is CCCCC1OC(=O)CC1NC(=O)C1CCCN1C(=O)C(NC(=O)c1ccc(N)c(Cl)c1)C(C)(C)C. The average Bonchev–Trinajstić information content (AvgIpc) is 3.43. The lowest BCUT2D eigenvalue weighted by Gasteiger charge is -2.35. The first-order valence-electron chi connectivity index (χ1n) is 12.6. The Labute approximate surface area is 217 Å². The lowest BCUT2D eigenvalue weighted by Crippen LogP contribution is -2.58. The zero-order valence-corrected chi connectivity index (χ0v) is 22.2. The van der Waals surface area contributed by atoms with Crippen molar-refractivity contribution in [2.75, 3.05) is 12.3 Å². The zero-order valence-electron chi connectivity index (χ0n) is 21.4. The molecule has 1 aromatic rings. The zero-order chi connectivity index (χ0) is 26.6. The molecule has 2 fully saturated rings. The molecule has 3 rings (SSSR count). The summed E-state index contributed by atoms with van der Waals surface area (Å²) in [5, 5.41) is 6.05. The summed E-state index contributed by atoms with van der Waals surface area (Å²) in [6, 6.07) is 2.60. The molecule has 0 radical (unpaired) electrons. The van der Waals surface area contributed by atoms with Crippen LogP contribution in [-0.2, 0) is 19.1 Å². The minimum Gasteiger partial charge on any atom is -0.460 e. The Hall–Kier alpha value is -2.81. The van der Waals surface area contributed by atoms with Crippen LogP contribution in [0, 0.1) is 5.41 Å². The highest BCUT2D eigenvalue weighted by Crippen LogP contribution is 2.28. The first-order valence-corrected chi connectivity index (χ1v) is 13.0. The monoisotopic (exact) mass is 520 g/mol. The highest BCUT2D eigenvalue weighted by atomic mass is 35.5. The summed E-state index contributed by atoms with van der Waals surface area (Å²) >= 11 is 6.07. The molecule has 0 bridgehead atoms. The van der Waals surface area contributed by atoms with E-state index in [1.54, 1.807) is 11.0 Å². The number of unbranched alkanes of at least 4 members (excludes halogenated alkanes) is 1. The van der Waals surface area contributed by atoms with E-state index in [-0.39, 0.29) is 40.9 Å². The third-order valence-corrected chi connectivity index (χ3v) is 7.10. The number of hydrogen-bond acceptors (Lipinski definition) is 6. The Morgan fingerprint density at radius 3 is 2.64 bits per heavy atom. The number of rotatable bonds is 8. The molecule has 10 heteroatoms. The number of nitrogens with zero attached hydrogens (tertiary/aromatic N) is 1. The van der Waals surface area contributed by atoms with Crippen LogP contribution in [0.1, 0.15) is 76.6 Å². The van der Waals surface area contributed by atoms with Crippen molar-refractivity contribution >= 4 is 41.0 Å². The second-order valence-electron chi connectivity index (χ2n) is 10.7. The molecule has 0 saturated carbocycles. The van der Waals surface area contributed by atoms with E-state index in [4.69, 9.17) is 22.1 Å². The van der Waals surface area contributed by atoms with Crippen LogP contribution in [0.3, 0.4) is 0 Å². The van der Waals surface area contributed by atoms with Gasteiger partial charge in [0.2, 0.25) is 11.8 Å². The van der Waals surface area contributed by atoms with Gasteiger partial charge < -0.3 is 26.0 Å². The molecule has 2 heterocycles. The van der Waals surface area contributed by atoms with Crippen molar-refractivity contribution in [1.29, 1.82) is 0 Å². The predicted octanol–water partition coefficient (Wildman–Crippen LogP) is 3.05. The molecule has 36 heavy (non-hydrogen) atoms. The molecule has 0 spiro atoms. The maximum absolute atomic E-state index is 13.7. The summed E-state index contributed by atoms with van der Waals surface area (Å²) in [5.74, 6) is -1.39. The number of nitrogens with one attached hydrogen (secondary N) is 2. The molecule has 4 N–H and O–H groups in total. The highest BCUT2D eigenvalue weighted by Gasteiger charge is 2.43. The van der Waals surface area contributed by atoms with Gasteiger partial charge in [-0.1, -0.05) is 45.7 Å². The van der Waals surface area contributed by atoms with Crippen LogP contribution in [0.5, 0.6) is 0 Å². The maximum Gasteiger partial charge on any atom is 0.308 e. The fourth-order valence-corrected chi connectivity index (χ4v) is 4.88. The van der Waals surface area contributed by atoms with Gasteiger partial charge in [0.25, 0.3) is 5.91 Å². The van der Waals surface area contributed by atoms with Crippen LogP contribution < -0.4 is 16.4 Å². The van der Waals surface area contributed by atoms with Gasteiger partial charge in [-0.25, -0.2) is 0 Å². The number of anilines is 1. The number of amides is 3. The van der Waals surface area contributed by atoms with Crippen LogP contribution in [-0.4, -0.2) is 59.4 Å². The summed E-state index contributed by atoms with van der Waals surface area (Å²) in [6.07, 6.45) is 3.50. The van der Waals surface area contributed by atoms with Crippen molar-refractivity contribution in [1.82, 2.24) is 15.5 Å². The van der Waals surface area contributed by atoms with Gasteiger partial charge in [-0.15, -0.1) is 0 Å². The Morgan fingerprint density at radius 1 is 1.28 bits per heavy atom. The molecule has 3 amide bonds. The molecule has 0 aliphatic carbocycles. The Balaban J connectivity index is 1.73. The van der Waals surface area contributed by atoms with E-state index in [1.807, 2.05) is 20.8 Å². The third kappa shape index (κ3) is 6.49. The minimum atomic E-state index is -0.872. The van der Waals surface area contributed by atoms with Gasteiger partial charge in [-0.3, -0.25) is 19.2 Å². The van der Waals surface area contributed by atoms with E-state index in [9.17, 15) is 19.2 Å². The van der Waals surface area contributed by atoms with Crippen LogP contribution in [0.25, 0.3) is 0 Å². The van der Waals surface area contributed by atoms with E-state index in [2.05, 4.69) is 17.6 Å². The first-order chi connectivity index (χ1) is 16.9. The molecule has 198 valence electrons. The van der Waals surface area contributed by atoms with E-state index in [1.165, 1.54) is 12.1 Å². The van der Waals surface area contributed by atoms with Crippen molar-refractivity contribution in [2.45, 2.75) is 90.4 Å². The number of esters is 1. The molecule has 2 saturated heterocycles. The normalized spacial score (nSPS) is 22.8. The number of carbonyl (C=O) groups excluding carboxylic acids is 4. The number of nitrogen functional groups attached to an aromatic ring is 1.